The molecule has 2 rings (SSSR count). The quantitative estimate of drug-likeness (QED) is 0.821. The van der Waals surface area contributed by atoms with Crippen LogP contribution < -0.4 is 5.32 Å². The number of nitrogens with zero attached hydrogens (tertiary/aromatic N) is 1. The maximum atomic E-state index is 12.2. The van der Waals surface area contributed by atoms with Crippen LogP contribution in [0.25, 0.3) is 0 Å². The molecule has 1 unspecified atom stereocenters. The zero-order chi connectivity index (χ0) is 16.8. The van der Waals surface area contributed by atoms with Gasteiger partial charge >= 0.3 is 5.97 Å². The van der Waals surface area contributed by atoms with Crippen molar-refractivity contribution >= 4 is 40.8 Å². The first-order valence-corrected chi connectivity index (χ1v) is 8.39. The number of rotatable bonds is 5. The van der Waals surface area contributed by atoms with Crippen molar-refractivity contribution in [3.63, 3.8) is 0 Å². The maximum Gasteiger partial charge on any atom is 0.310 e. The Kier molecular flexibility index (Phi) is 6.69. The average molecular weight is 359 g/mol. The minimum atomic E-state index is -0.185. The van der Waals surface area contributed by atoms with Crippen LogP contribution in [0.2, 0.25) is 10.0 Å². The summed E-state index contributed by atoms with van der Waals surface area (Å²) in [6.07, 6.45) is 1.67. The molecule has 1 amide bonds. The first-order chi connectivity index (χ1) is 11.0. The molecule has 1 aliphatic heterocycles. The van der Waals surface area contributed by atoms with Gasteiger partial charge in [-0.1, -0.05) is 29.3 Å². The van der Waals surface area contributed by atoms with E-state index in [0.717, 1.165) is 19.4 Å². The van der Waals surface area contributed by atoms with Crippen molar-refractivity contribution in [2.24, 2.45) is 5.92 Å². The van der Waals surface area contributed by atoms with Crippen LogP contribution in [0.4, 0.5) is 5.69 Å². The summed E-state index contributed by atoms with van der Waals surface area (Å²) in [6, 6.07) is 5.08. The summed E-state index contributed by atoms with van der Waals surface area (Å²) >= 11 is 12.0. The van der Waals surface area contributed by atoms with Crippen LogP contribution in [-0.2, 0) is 14.3 Å². The lowest BCUT2D eigenvalue weighted by atomic mass is 9.98. The zero-order valence-corrected chi connectivity index (χ0v) is 14.5. The second kappa shape index (κ2) is 8.52. The highest BCUT2D eigenvalue weighted by Gasteiger charge is 2.27. The first kappa shape index (κ1) is 18.0. The Balaban J connectivity index is 1.89. The number of hydrogen-bond acceptors (Lipinski definition) is 4. The molecule has 0 radical (unpaired) electrons. The van der Waals surface area contributed by atoms with Gasteiger partial charge in [0, 0.05) is 6.54 Å². The van der Waals surface area contributed by atoms with E-state index in [9.17, 15) is 9.59 Å². The van der Waals surface area contributed by atoms with Crippen LogP contribution in [0.1, 0.15) is 19.8 Å². The molecule has 5 nitrogen and oxygen atoms in total. The Labute approximate surface area is 145 Å². The number of piperidine rings is 1. The molecule has 23 heavy (non-hydrogen) atoms. The molecule has 1 aliphatic rings. The highest BCUT2D eigenvalue weighted by Crippen LogP contribution is 2.29. The van der Waals surface area contributed by atoms with Gasteiger partial charge in [-0.15, -0.1) is 0 Å². The summed E-state index contributed by atoms with van der Waals surface area (Å²) in [6.45, 7) is 3.70. The predicted octanol–water partition coefficient (Wildman–Crippen LogP) is 3.21. The Morgan fingerprint density at radius 1 is 1.39 bits per heavy atom. The van der Waals surface area contributed by atoms with Crippen molar-refractivity contribution in [2.45, 2.75) is 19.8 Å². The number of carbonyl (C=O) groups is 2. The van der Waals surface area contributed by atoms with E-state index in [0.29, 0.717) is 28.9 Å². The number of hydrogen-bond donors (Lipinski definition) is 1. The monoisotopic (exact) mass is 358 g/mol. The molecule has 1 heterocycles. The number of ether oxygens (including phenoxy) is 1. The molecule has 0 aromatic heterocycles. The van der Waals surface area contributed by atoms with Crippen LogP contribution in [0, 0.1) is 5.92 Å². The van der Waals surface area contributed by atoms with Crippen molar-refractivity contribution in [1.82, 2.24) is 4.90 Å². The molecule has 1 aromatic rings. The number of benzene rings is 1. The molecule has 0 aliphatic carbocycles. The highest BCUT2D eigenvalue weighted by molar-refractivity contribution is 6.43. The van der Waals surface area contributed by atoms with Gasteiger partial charge in [-0.3, -0.25) is 14.5 Å². The fourth-order valence-electron chi connectivity index (χ4n) is 2.64. The Hall–Kier alpha value is -1.30. The third-order valence-electron chi connectivity index (χ3n) is 3.72. The summed E-state index contributed by atoms with van der Waals surface area (Å²) in [5.74, 6) is -0.527. The van der Waals surface area contributed by atoms with Crippen LogP contribution >= 0.6 is 23.2 Å². The van der Waals surface area contributed by atoms with E-state index in [1.807, 2.05) is 4.90 Å². The highest BCUT2D eigenvalue weighted by atomic mass is 35.5. The third kappa shape index (κ3) is 5.09. The summed E-state index contributed by atoms with van der Waals surface area (Å²) in [7, 11) is 0. The standard InChI is InChI=1S/C16H20Cl2N2O3/c1-2-23-16(22)11-5-4-8-20(9-11)10-14(21)19-13-7-3-6-12(17)15(13)18/h3,6-7,11H,2,4-5,8-10H2,1H3,(H,19,21). The van der Waals surface area contributed by atoms with E-state index in [1.54, 1.807) is 25.1 Å². The Morgan fingerprint density at radius 2 is 2.17 bits per heavy atom. The van der Waals surface area contributed by atoms with Gasteiger partial charge in [0.1, 0.15) is 0 Å². The molecular formula is C16H20Cl2N2O3. The van der Waals surface area contributed by atoms with Gasteiger partial charge in [-0.25, -0.2) is 0 Å². The van der Waals surface area contributed by atoms with E-state index >= 15 is 0 Å². The van der Waals surface area contributed by atoms with Gasteiger partial charge in [0.2, 0.25) is 5.91 Å². The molecule has 0 bridgehead atoms. The lowest BCUT2D eigenvalue weighted by Crippen LogP contribution is -2.43. The predicted molar refractivity (Wildman–Crippen MR) is 90.9 cm³/mol. The van der Waals surface area contributed by atoms with Gasteiger partial charge < -0.3 is 10.1 Å². The SMILES string of the molecule is CCOC(=O)C1CCCN(CC(=O)Nc2cccc(Cl)c2Cl)C1. The smallest absolute Gasteiger partial charge is 0.310 e. The molecule has 1 fully saturated rings. The number of likely N-dealkylation sites (tertiary alicyclic amines) is 1. The summed E-state index contributed by atoms with van der Waals surface area (Å²) in [4.78, 5) is 26.0. The molecule has 1 saturated heterocycles. The minimum Gasteiger partial charge on any atom is -0.466 e. The van der Waals surface area contributed by atoms with Gasteiger partial charge in [-0.05, 0) is 38.4 Å². The van der Waals surface area contributed by atoms with E-state index in [1.165, 1.54) is 0 Å². The van der Waals surface area contributed by atoms with Gasteiger partial charge in [0.25, 0.3) is 0 Å². The van der Waals surface area contributed by atoms with E-state index < -0.39 is 0 Å². The number of esters is 1. The number of amides is 1. The van der Waals surface area contributed by atoms with E-state index in [4.69, 9.17) is 27.9 Å². The fourth-order valence-corrected chi connectivity index (χ4v) is 2.99. The Morgan fingerprint density at radius 3 is 2.91 bits per heavy atom. The summed E-state index contributed by atoms with van der Waals surface area (Å²) < 4.78 is 5.06. The fraction of sp³-hybridized carbons (Fsp3) is 0.500. The lowest BCUT2D eigenvalue weighted by Gasteiger charge is -2.30. The molecule has 7 heteroatoms. The second-order valence-electron chi connectivity index (χ2n) is 5.48. The third-order valence-corrected chi connectivity index (χ3v) is 4.54. The number of carbonyl (C=O) groups excluding carboxylic acids is 2. The number of anilines is 1. The molecular weight excluding hydrogens is 339 g/mol. The van der Waals surface area contributed by atoms with Crippen molar-refractivity contribution in [2.75, 3.05) is 31.6 Å². The van der Waals surface area contributed by atoms with Crippen LogP contribution in [0.5, 0.6) is 0 Å². The summed E-state index contributed by atoms with van der Waals surface area (Å²) in [5.41, 5.74) is 0.489. The van der Waals surface area contributed by atoms with Crippen LogP contribution in [0.3, 0.4) is 0 Å². The molecule has 1 aromatic carbocycles. The van der Waals surface area contributed by atoms with Gasteiger partial charge in [0.05, 0.1) is 34.8 Å². The maximum absolute atomic E-state index is 12.2. The topological polar surface area (TPSA) is 58.6 Å². The van der Waals surface area contributed by atoms with Crippen LogP contribution in [-0.4, -0.2) is 43.0 Å². The molecule has 1 N–H and O–H groups in total. The largest absolute Gasteiger partial charge is 0.466 e. The minimum absolute atomic E-state index is 0.161. The summed E-state index contributed by atoms with van der Waals surface area (Å²) in [5, 5.41) is 3.47. The van der Waals surface area contributed by atoms with Crippen molar-refractivity contribution in [3.8, 4) is 0 Å². The second-order valence-corrected chi connectivity index (χ2v) is 6.26. The Bertz CT molecular complexity index is 580. The van der Waals surface area contributed by atoms with Crippen molar-refractivity contribution < 1.29 is 14.3 Å². The van der Waals surface area contributed by atoms with Crippen LogP contribution in [0.15, 0.2) is 18.2 Å². The lowest BCUT2D eigenvalue weighted by molar-refractivity contribution is -0.150. The van der Waals surface area contributed by atoms with E-state index in [-0.39, 0.29) is 24.3 Å². The normalized spacial score (nSPS) is 18.5. The zero-order valence-electron chi connectivity index (χ0n) is 13.0. The van der Waals surface area contributed by atoms with Crippen molar-refractivity contribution in [1.29, 1.82) is 0 Å². The van der Waals surface area contributed by atoms with E-state index in [2.05, 4.69) is 5.32 Å². The number of nitrogens with one attached hydrogen (secondary N) is 1. The van der Waals surface area contributed by atoms with Gasteiger partial charge in [0.15, 0.2) is 0 Å². The molecule has 0 spiro atoms. The van der Waals surface area contributed by atoms with Gasteiger partial charge in [-0.2, -0.15) is 0 Å². The number of halogens is 2. The molecule has 126 valence electrons. The average Bonchev–Trinajstić information content (AvgIpc) is 2.52. The van der Waals surface area contributed by atoms with Crippen molar-refractivity contribution in [3.05, 3.63) is 28.2 Å². The first-order valence-electron chi connectivity index (χ1n) is 7.64. The molecule has 1 atom stereocenters. The molecule has 0 saturated carbocycles.